The average Bonchev–Trinajstić information content (AvgIpc) is 2.92. The van der Waals surface area contributed by atoms with Crippen molar-refractivity contribution < 1.29 is 45.3 Å². The summed E-state index contributed by atoms with van der Waals surface area (Å²) in [5, 5.41) is 14.3. The second kappa shape index (κ2) is 13.8. The van der Waals surface area contributed by atoms with Gasteiger partial charge >= 0.3 is 0 Å². The topological polar surface area (TPSA) is 157 Å². The van der Waals surface area contributed by atoms with Crippen LogP contribution in [0.25, 0.3) is 32.3 Å². The van der Waals surface area contributed by atoms with Crippen molar-refractivity contribution in [1.29, 1.82) is 0 Å². The zero-order valence-corrected chi connectivity index (χ0v) is 25.1. The molecule has 0 unspecified atom stereocenters. The molecule has 0 radical (unpaired) electrons. The molecule has 0 bridgehead atoms. The molecule has 0 amide bonds. The van der Waals surface area contributed by atoms with Crippen LogP contribution in [0.15, 0.2) is 51.1 Å². The van der Waals surface area contributed by atoms with E-state index in [0.29, 0.717) is 45.5 Å². The summed E-state index contributed by atoms with van der Waals surface area (Å²) in [6.07, 6.45) is 11.7. The van der Waals surface area contributed by atoms with Gasteiger partial charge in [0.1, 0.15) is 15.5 Å². The third-order valence-corrected chi connectivity index (χ3v) is 9.65. The number of benzene rings is 4. The lowest BCUT2D eigenvalue weighted by Gasteiger charge is -2.19. The molecule has 4 aromatic rings. The van der Waals surface area contributed by atoms with E-state index in [2.05, 4.69) is 16.3 Å². The lowest BCUT2D eigenvalue weighted by atomic mass is 9.93. The fraction of sp³-hybridized carbons (Fsp3) is 0.429. The zero-order chi connectivity index (χ0) is 29.6. The summed E-state index contributed by atoms with van der Waals surface area (Å²) in [6, 6.07) is 8.55. The Balaban J connectivity index is 1.68. The Kier molecular flexibility index (Phi) is 10.7. The van der Waals surface area contributed by atoms with Crippen molar-refractivity contribution in [1.82, 2.24) is 0 Å². The van der Waals surface area contributed by atoms with Crippen LogP contribution >= 0.6 is 12.0 Å². The molecular formula is C28H34O10S3. The largest absolute Gasteiger partial charge is 0.493 e. The minimum atomic E-state index is -4.87. The van der Waals surface area contributed by atoms with Gasteiger partial charge in [-0.15, -0.1) is 4.33 Å². The van der Waals surface area contributed by atoms with Crippen LogP contribution in [0.1, 0.15) is 71.1 Å². The average molecular weight is 627 g/mol. The summed E-state index contributed by atoms with van der Waals surface area (Å²) >= 11 is 0.679. The SMILES string of the molecule is CCCCCCCCCCCCOc1cc(SOOO)c2ccc3c(S(=O)(=O)O)cc(S(=O)(=O)O)c4ccc1c2c43. The first-order chi connectivity index (χ1) is 19.6. The zero-order valence-electron chi connectivity index (χ0n) is 22.7. The predicted octanol–water partition coefficient (Wildman–Crippen LogP) is 7.81. The summed E-state index contributed by atoms with van der Waals surface area (Å²) in [5.74, 6) is 0.428. The van der Waals surface area contributed by atoms with Crippen molar-refractivity contribution in [2.45, 2.75) is 85.8 Å². The van der Waals surface area contributed by atoms with Crippen LogP contribution in [0, 0.1) is 0 Å². The molecule has 3 N–H and O–H groups in total. The molecule has 0 heterocycles. The van der Waals surface area contributed by atoms with Crippen molar-refractivity contribution >= 4 is 64.6 Å². The van der Waals surface area contributed by atoms with Gasteiger partial charge < -0.3 is 4.74 Å². The Bertz CT molecular complexity index is 1650. The van der Waals surface area contributed by atoms with E-state index < -0.39 is 30.0 Å². The Morgan fingerprint density at radius 3 is 1.71 bits per heavy atom. The van der Waals surface area contributed by atoms with Crippen LogP contribution in [0.2, 0.25) is 0 Å². The van der Waals surface area contributed by atoms with E-state index in [-0.39, 0.29) is 16.2 Å². The maximum atomic E-state index is 12.2. The van der Waals surface area contributed by atoms with Gasteiger partial charge in [0.25, 0.3) is 20.2 Å². The standard InChI is InChI=1S/C28H34O10S3/c1-2-3-4-5-6-7-8-9-10-11-16-36-23-17-24(39-38-37-29)20-13-15-22-26(41(33,34)35)18-25(40(30,31)32)21-14-12-19(23)27(20)28(21)22/h12-15,17-18,29H,2-11,16H2,1H3,(H,30,31,32)(H,33,34,35). The van der Waals surface area contributed by atoms with Gasteiger partial charge in [-0.2, -0.15) is 16.8 Å². The minimum Gasteiger partial charge on any atom is -0.493 e. The summed E-state index contributed by atoms with van der Waals surface area (Å²) in [5.41, 5.74) is 0. The monoisotopic (exact) mass is 626 g/mol. The van der Waals surface area contributed by atoms with Crippen molar-refractivity contribution in [3.8, 4) is 5.75 Å². The first-order valence-corrected chi connectivity index (χ1v) is 17.2. The fourth-order valence-electron chi connectivity index (χ4n) is 5.30. The number of hydrogen-bond acceptors (Lipinski definition) is 9. The third kappa shape index (κ3) is 7.41. The number of rotatable bonds is 17. The van der Waals surface area contributed by atoms with Gasteiger partial charge in [-0.05, 0) is 30.0 Å². The summed E-state index contributed by atoms with van der Waals surface area (Å²) in [7, 11) is -9.74. The molecule has 4 rings (SSSR count). The van der Waals surface area contributed by atoms with Gasteiger partial charge in [-0.25, -0.2) is 5.26 Å². The van der Waals surface area contributed by atoms with Crippen molar-refractivity contribution in [2.24, 2.45) is 0 Å². The summed E-state index contributed by atoms with van der Waals surface area (Å²) in [6.45, 7) is 2.62. The maximum absolute atomic E-state index is 12.2. The summed E-state index contributed by atoms with van der Waals surface area (Å²) in [4.78, 5) is -0.884. The number of unbranched alkanes of at least 4 members (excludes halogenated alkanes) is 9. The molecule has 0 spiro atoms. The van der Waals surface area contributed by atoms with E-state index in [1.807, 2.05) is 0 Å². The van der Waals surface area contributed by atoms with Crippen LogP contribution in [-0.4, -0.2) is 37.8 Å². The highest BCUT2D eigenvalue weighted by Gasteiger charge is 2.26. The predicted molar refractivity (Wildman–Crippen MR) is 158 cm³/mol. The van der Waals surface area contributed by atoms with E-state index >= 15 is 0 Å². The van der Waals surface area contributed by atoms with E-state index in [1.165, 1.54) is 57.1 Å². The number of ether oxygens (including phenoxy) is 1. The molecular weight excluding hydrogens is 592 g/mol. The normalized spacial score (nSPS) is 12.7. The van der Waals surface area contributed by atoms with E-state index in [9.17, 15) is 25.9 Å². The second-order valence-electron chi connectivity index (χ2n) is 10.0. The molecule has 0 aliphatic heterocycles. The molecule has 0 saturated heterocycles. The lowest BCUT2D eigenvalue weighted by Crippen LogP contribution is -2.06. The Labute approximate surface area is 243 Å². The van der Waals surface area contributed by atoms with E-state index in [0.717, 1.165) is 25.3 Å². The van der Waals surface area contributed by atoms with E-state index in [1.54, 1.807) is 18.2 Å². The highest BCUT2D eigenvalue weighted by molar-refractivity contribution is 7.94. The quantitative estimate of drug-likeness (QED) is 0.0262. The van der Waals surface area contributed by atoms with Crippen molar-refractivity contribution in [3.05, 3.63) is 36.4 Å². The van der Waals surface area contributed by atoms with Gasteiger partial charge in [0.2, 0.25) is 0 Å². The Hall–Kier alpha value is -2.23. The summed E-state index contributed by atoms with van der Waals surface area (Å²) < 4.78 is 79.6. The molecule has 0 saturated carbocycles. The molecule has 0 aromatic heterocycles. The van der Waals surface area contributed by atoms with Crippen molar-refractivity contribution in [3.63, 3.8) is 0 Å². The molecule has 41 heavy (non-hydrogen) atoms. The fourth-order valence-corrected chi connectivity index (χ4v) is 7.33. The first-order valence-electron chi connectivity index (χ1n) is 13.6. The highest BCUT2D eigenvalue weighted by atomic mass is 32.2. The van der Waals surface area contributed by atoms with Crippen LogP contribution in [0.5, 0.6) is 5.75 Å². The molecule has 10 nitrogen and oxygen atoms in total. The maximum Gasteiger partial charge on any atom is 0.295 e. The third-order valence-electron chi connectivity index (χ3n) is 7.21. The molecule has 0 fully saturated rings. The second-order valence-corrected chi connectivity index (χ2v) is 13.5. The molecule has 4 aromatic carbocycles. The van der Waals surface area contributed by atoms with Gasteiger partial charge in [0.15, 0.2) is 0 Å². The van der Waals surface area contributed by atoms with Gasteiger partial charge in [-0.1, -0.05) is 87.9 Å². The molecule has 0 aliphatic rings. The van der Waals surface area contributed by atoms with Crippen molar-refractivity contribution in [2.75, 3.05) is 6.61 Å². The van der Waals surface area contributed by atoms with Gasteiger partial charge in [-0.3, -0.25) is 9.11 Å². The molecule has 224 valence electrons. The molecule has 0 aliphatic carbocycles. The molecule has 0 atom stereocenters. The van der Waals surface area contributed by atoms with Crippen LogP contribution in [0.4, 0.5) is 0 Å². The van der Waals surface area contributed by atoms with Gasteiger partial charge in [0.05, 0.1) is 23.5 Å². The smallest absolute Gasteiger partial charge is 0.295 e. The Morgan fingerprint density at radius 1 is 0.683 bits per heavy atom. The lowest BCUT2D eigenvalue weighted by molar-refractivity contribution is -0.432. The van der Waals surface area contributed by atoms with Crippen LogP contribution in [0.3, 0.4) is 0 Å². The minimum absolute atomic E-state index is 0.0649. The van der Waals surface area contributed by atoms with Crippen LogP contribution in [-0.2, 0) is 29.6 Å². The molecule has 13 heteroatoms. The first kappa shape index (κ1) is 31.7. The van der Waals surface area contributed by atoms with Crippen LogP contribution < -0.4 is 4.74 Å². The highest BCUT2D eigenvalue weighted by Crippen LogP contribution is 2.46. The van der Waals surface area contributed by atoms with E-state index in [4.69, 9.17) is 9.99 Å². The Morgan fingerprint density at radius 2 is 1.17 bits per heavy atom. The van der Waals surface area contributed by atoms with Gasteiger partial charge in [0, 0.05) is 26.9 Å². The number of hydrogen-bond donors (Lipinski definition) is 3.